The maximum Gasteiger partial charge on any atom is 0.416 e. The van der Waals surface area contributed by atoms with Gasteiger partial charge < -0.3 is 9.88 Å². The minimum Gasteiger partial charge on any atom is -0.322 e. The molecule has 1 N–H and O–H groups in total. The fraction of sp³-hybridized carbons (Fsp3) is 0.100. The summed E-state index contributed by atoms with van der Waals surface area (Å²) >= 11 is 0. The maximum atomic E-state index is 12.9. The molecule has 0 aliphatic rings. The molecule has 8 heteroatoms. The molecule has 0 spiro atoms. The first kappa shape index (κ1) is 19.3. The number of amides is 1. The summed E-state index contributed by atoms with van der Waals surface area (Å²) in [5, 5.41) is 2.48. The molecule has 0 bridgehead atoms. The molecule has 0 saturated carbocycles. The number of aromatic nitrogens is 1. The third-order valence-electron chi connectivity index (χ3n) is 3.97. The number of nitrogens with one attached hydrogen (secondary N) is 1. The van der Waals surface area contributed by atoms with Gasteiger partial charge in [-0.1, -0.05) is 12.1 Å². The van der Waals surface area contributed by atoms with Crippen molar-refractivity contribution < 1.29 is 22.4 Å². The molecule has 28 heavy (non-hydrogen) atoms. The van der Waals surface area contributed by atoms with E-state index in [1.807, 2.05) is 0 Å². The summed E-state index contributed by atoms with van der Waals surface area (Å²) in [6.07, 6.45) is -3.10. The summed E-state index contributed by atoms with van der Waals surface area (Å²) in [5.41, 5.74) is -1.08. The molecule has 2 aromatic carbocycles. The molecule has 0 aliphatic carbocycles. The van der Waals surface area contributed by atoms with Gasteiger partial charge in [0, 0.05) is 11.9 Å². The van der Waals surface area contributed by atoms with E-state index in [1.54, 1.807) is 0 Å². The topological polar surface area (TPSA) is 51.1 Å². The summed E-state index contributed by atoms with van der Waals surface area (Å²) in [5.74, 6) is -1.17. The van der Waals surface area contributed by atoms with E-state index in [9.17, 15) is 27.2 Å². The van der Waals surface area contributed by atoms with Gasteiger partial charge >= 0.3 is 6.18 Å². The van der Waals surface area contributed by atoms with Gasteiger partial charge in [0.1, 0.15) is 11.4 Å². The second-order valence-corrected chi connectivity index (χ2v) is 6.01. The SMILES string of the molecule is O=C(Nc1ccc(F)cc1)c1cccn(Cc2cccc(C(F)(F)F)c2)c1=O. The van der Waals surface area contributed by atoms with Crippen LogP contribution in [0.5, 0.6) is 0 Å². The first-order chi connectivity index (χ1) is 13.2. The van der Waals surface area contributed by atoms with Crippen LogP contribution in [0.15, 0.2) is 71.7 Å². The molecule has 0 saturated heterocycles. The molecule has 3 rings (SSSR count). The average molecular weight is 390 g/mol. The Bertz CT molecular complexity index is 1060. The standard InChI is InChI=1S/C20H14F4N2O2/c21-15-6-8-16(9-7-15)25-18(27)17-5-2-10-26(19(17)28)12-13-3-1-4-14(11-13)20(22,23)24/h1-11H,12H2,(H,25,27). The Morgan fingerprint density at radius 1 is 1.00 bits per heavy atom. The Hall–Kier alpha value is -3.42. The zero-order valence-electron chi connectivity index (χ0n) is 14.3. The third kappa shape index (κ3) is 4.46. The Kier molecular flexibility index (Phi) is 5.30. The highest BCUT2D eigenvalue weighted by Gasteiger charge is 2.30. The van der Waals surface area contributed by atoms with Crippen molar-refractivity contribution in [1.29, 1.82) is 0 Å². The zero-order chi connectivity index (χ0) is 20.3. The van der Waals surface area contributed by atoms with Crippen molar-refractivity contribution in [3.8, 4) is 0 Å². The van der Waals surface area contributed by atoms with E-state index in [0.29, 0.717) is 5.69 Å². The van der Waals surface area contributed by atoms with Gasteiger partial charge in [0.15, 0.2) is 0 Å². The van der Waals surface area contributed by atoms with E-state index < -0.39 is 29.0 Å². The molecule has 4 nitrogen and oxygen atoms in total. The summed E-state index contributed by atoms with van der Waals surface area (Å²) in [7, 11) is 0. The first-order valence-corrected chi connectivity index (χ1v) is 8.16. The Balaban J connectivity index is 1.84. The Labute approximate surface area is 157 Å². The molecule has 0 unspecified atom stereocenters. The lowest BCUT2D eigenvalue weighted by atomic mass is 10.1. The van der Waals surface area contributed by atoms with E-state index >= 15 is 0 Å². The summed E-state index contributed by atoms with van der Waals surface area (Å²) in [6, 6.07) is 12.4. The van der Waals surface area contributed by atoms with Crippen molar-refractivity contribution in [3.63, 3.8) is 0 Å². The van der Waals surface area contributed by atoms with Crippen molar-refractivity contribution >= 4 is 11.6 Å². The van der Waals surface area contributed by atoms with Crippen LogP contribution in [0.25, 0.3) is 0 Å². The number of rotatable bonds is 4. The van der Waals surface area contributed by atoms with Crippen LogP contribution < -0.4 is 10.9 Å². The number of nitrogens with zero attached hydrogens (tertiary/aromatic N) is 1. The van der Waals surface area contributed by atoms with Crippen LogP contribution in [0.1, 0.15) is 21.5 Å². The van der Waals surface area contributed by atoms with Crippen LogP contribution in [0.3, 0.4) is 0 Å². The normalized spacial score (nSPS) is 11.3. The second kappa shape index (κ2) is 7.67. The van der Waals surface area contributed by atoms with Gasteiger partial charge in [-0.15, -0.1) is 0 Å². The van der Waals surface area contributed by atoms with Crippen molar-refractivity contribution in [2.75, 3.05) is 5.32 Å². The van der Waals surface area contributed by atoms with Crippen LogP contribution in [0.4, 0.5) is 23.2 Å². The zero-order valence-corrected chi connectivity index (χ0v) is 14.3. The highest BCUT2D eigenvalue weighted by Crippen LogP contribution is 2.29. The quantitative estimate of drug-likeness (QED) is 0.675. The Morgan fingerprint density at radius 3 is 2.39 bits per heavy atom. The fourth-order valence-electron chi connectivity index (χ4n) is 2.61. The van der Waals surface area contributed by atoms with Gasteiger partial charge in [-0.25, -0.2) is 4.39 Å². The fourth-order valence-corrected chi connectivity index (χ4v) is 2.61. The van der Waals surface area contributed by atoms with Gasteiger partial charge in [-0.3, -0.25) is 9.59 Å². The smallest absolute Gasteiger partial charge is 0.322 e. The van der Waals surface area contributed by atoms with E-state index in [1.165, 1.54) is 42.6 Å². The molecule has 1 aromatic heterocycles. The second-order valence-electron chi connectivity index (χ2n) is 6.01. The molecule has 144 valence electrons. The van der Waals surface area contributed by atoms with Crippen LogP contribution in [-0.4, -0.2) is 10.5 Å². The molecular formula is C20H14F4N2O2. The van der Waals surface area contributed by atoms with Crippen LogP contribution in [-0.2, 0) is 12.7 Å². The first-order valence-electron chi connectivity index (χ1n) is 8.16. The van der Waals surface area contributed by atoms with Crippen LogP contribution in [0, 0.1) is 5.82 Å². The number of pyridine rings is 1. The molecule has 0 radical (unpaired) electrons. The van der Waals surface area contributed by atoms with Crippen molar-refractivity contribution in [3.05, 3.63) is 99.7 Å². The molecule has 0 fully saturated rings. The van der Waals surface area contributed by atoms with Gasteiger partial charge in [-0.05, 0) is 54.1 Å². The number of hydrogen-bond donors (Lipinski definition) is 1. The van der Waals surface area contributed by atoms with E-state index in [2.05, 4.69) is 5.32 Å². The number of hydrogen-bond acceptors (Lipinski definition) is 2. The molecule has 1 heterocycles. The van der Waals surface area contributed by atoms with E-state index in [0.717, 1.165) is 28.8 Å². The molecule has 0 aliphatic heterocycles. The largest absolute Gasteiger partial charge is 0.416 e. The Morgan fingerprint density at radius 2 is 1.71 bits per heavy atom. The number of anilines is 1. The van der Waals surface area contributed by atoms with Crippen molar-refractivity contribution in [2.24, 2.45) is 0 Å². The summed E-state index contributed by atoms with van der Waals surface area (Å²) < 4.78 is 52.6. The van der Waals surface area contributed by atoms with Crippen molar-refractivity contribution in [2.45, 2.75) is 12.7 Å². The number of benzene rings is 2. The lowest BCUT2D eigenvalue weighted by Crippen LogP contribution is -2.29. The number of alkyl halides is 3. The number of halogens is 4. The number of carbonyl (C=O) groups is 1. The average Bonchev–Trinajstić information content (AvgIpc) is 2.65. The van der Waals surface area contributed by atoms with Gasteiger partial charge in [0.2, 0.25) is 0 Å². The summed E-state index contributed by atoms with van der Waals surface area (Å²) in [6.45, 7) is -0.125. The minimum absolute atomic E-state index is 0.125. The predicted octanol–water partition coefficient (Wildman–Crippen LogP) is 4.31. The minimum atomic E-state index is -4.49. The molecule has 3 aromatic rings. The van der Waals surface area contributed by atoms with Gasteiger partial charge in [0.05, 0.1) is 12.1 Å². The molecular weight excluding hydrogens is 376 g/mol. The monoisotopic (exact) mass is 390 g/mol. The lowest BCUT2D eigenvalue weighted by molar-refractivity contribution is -0.137. The van der Waals surface area contributed by atoms with Gasteiger partial charge in [-0.2, -0.15) is 13.2 Å². The van der Waals surface area contributed by atoms with Crippen LogP contribution in [0.2, 0.25) is 0 Å². The number of carbonyl (C=O) groups excluding carboxylic acids is 1. The van der Waals surface area contributed by atoms with E-state index in [-0.39, 0.29) is 17.7 Å². The third-order valence-corrected chi connectivity index (χ3v) is 3.97. The van der Waals surface area contributed by atoms with Crippen molar-refractivity contribution in [1.82, 2.24) is 4.57 Å². The van der Waals surface area contributed by atoms with Gasteiger partial charge in [0.25, 0.3) is 11.5 Å². The highest BCUT2D eigenvalue weighted by atomic mass is 19.4. The highest BCUT2D eigenvalue weighted by molar-refractivity contribution is 6.03. The summed E-state index contributed by atoms with van der Waals surface area (Å²) in [4.78, 5) is 24.9. The molecule has 0 atom stereocenters. The lowest BCUT2D eigenvalue weighted by Gasteiger charge is -2.11. The molecule has 1 amide bonds. The maximum absolute atomic E-state index is 12.9. The van der Waals surface area contributed by atoms with Crippen LogP contribution >= 0.6 is 0 Å². The predicted molar refractivity (Wildman–Crippen MR) is 95.6 cm³/mol. The van der Waals surface area contributed by atoms with E-state index in [4.69, 9.17) is 0 Å².